The quantitative estimate of drug-likeness (QED) is 0.159. The van der Waals surface area contributed by atoms with Gasteiger partial charge in [0.05, 0.1) is 10.4 Å². The van der Waals surface area contributed by atoms with Crippen molar-refractivity contribution in [2.75, 3.05) is 9.80 Å². The molecule has 5 aliphatic rings. The van der Waals surface area contributed by atoms with E-state index in [9.17, 15) is 4.11 Å². The maximum Gasteiger partial charge on any atom is 0.252 e. The Morgan fingerprint density at radius 1 is 0.493 bits per heavy atom. The van der Waals surface area contributed by atoms with Gasteiger partial charge in [0.25, 0.3) is 6.71 Å². The summed E-state index contributed by atoms with van der Waals surface area (Å²) < 4.78 is 30.5. The highest BCUT2D eigenvalue weighted by molar-refractivity contribution is 7.26. The summed E-state index contributed by atoms with van der Waals surface area (Å²) in [6, 6.07) is 35.5. The molecule has 0 radical (unpaired) electrons. The summed E-state index contributed by atoms with van der Waals surface area (Å²) in [5.41, 5.74) is 20.3. The molecule has 6 aromatic carbocycles. The highest BCUT2D eigenvalue weighted by Gasteiger charge is 2.49. The van der Waals surface area contributed by atoms with Gasteiger partial charge < -0.3 is 9.80 Å². The Morgan fingerprint density at radius 3 is 1.51 bits per heavy atom. The Kier molecular flexibility index (Phi) is 8.63. The van der Waals surface area contributed by atoms with Crippen molar-refractivity contribution in [3.63, 3.8) is 0 Å². The lowest BCUT2D eigenvalue weighted by Crippen LogP contribution is -2.62. The molecule has 4 heteroatoms. The largest absolute Gasteiger partial charge is 0.311 e. The summed E-state index contributed by atoms with van der Waals surface area (Å²) in [5.74, 6) is 0. The highest BCUT2D eigenvalue weighted by Crippen LogP contribution is 2.56. The predicted octanol–water partition coefficient (Wildman–Crippen LogP) is 16.8. The van der Waals surface area contributed by atoms with Crippen molar-refractivity contribution in [3.05, 3.63) is 136 Å². The fourth-order valence-corrected chi connectivity index (χ4v) is 15.2. The molecule has 0 spiro atoms. The summed E-state index contributed by atoms with van der Waals surface area (Å²) in [6.45, 7) is 33.7. The monoisotopic (exact) mass is 930 g/mol. The maximum atomic E-state index is 9.32. The SMILES string of the molecule is [2H]C([2H])([2H])c1cc2c3c(c1)N(c1ccc(C(C)(C)C)c4c1sc1ccccc14)c1cc4c(cc1B3c1cc3c(cc1N2c1ccc2c(c1)C(C)(C)CCC2(C)C)C(C)(C)CCC3(C)C)C(C)(C)CCC4(C)C. The minimum atomic E-state index is -2.37. The third-order valence-corrected chi connectivity index (χ3v) is 19.9. The van der Waals surface area contributed by atoms with Crippen LogP contribution in [0.1, 0.15) is 191 Å². The normalized spacial score (nSPS) is 21.6. The van der Waals surface area contributed by atoms with Gasteiger partial charge in [-0.25, -0.2) is 0 Å². The molecule has 0 saturated heterocycles. The first-order valence-electron chi connectivity index (χ1n) is 27.7. The number of aryl methyl sites for hydroxylation is 1. The molecule has 3 aliphatic carbocycles. The van der Waals surface area contributed by atoms with Crippen molar-refractivity contribution >= 4 is 88.7 Å². The van der Waals surface area contributed by atoms with E-state index in [-0.39, 0.29) is 44.6 Å². The second kappa shape index (κ2) is 14.2. The molecule has 0 bridgehead atoms. The molecule has 0 fully saturated rings. The van der Waals surface area contributed by atoms with E-state index in [0.717, 1.165) is 61.3 Å². The predicted molar refractivity (Wildman–Crippen MR) is 303 cm³/mol. The molecule has 0 unspecified atom stereocenters. The van der Waals surface area contributed by atoms with Crippen LogP contribution in [0, 0.1) is 6.85 Å². The van der Waals surface area contributed by atoms with Crippen molar-refractivity contribution in [1.29, 1.82) is 0 Å². The van der Waals surface area contributed by atoms with E-state index in [1.807, 2.05) is 11.3 Å². The number of fused-ring (bicyclic) bond motifs is 10. The fraction of sp³-hybridized carbons (Fsp3) is 0.446. The zero-order valence-corrected chi connectivity index (χ0v) is 45.1. The van der Waals surface area contributed by atoms with Gasteiger partial charge in [-0.3, -0.25) is 0 Å². The zero-order chi connectivity index (χ0) is 51.4. The third-order valence-electron chi connectivity index (χ3n) is 18.7. The van der Waals surface area contributed by atoms with Gasteiger partial charge in [-0.1, -0.05) is 146 Å². The Balaban J connectivity index is 1.27. The van der Waals surface area contributed by atoms with Crippen LogP contribution in [0.15, 0.2) is 91.0 Å². The number of nitrogens with zero attached hydrogens (tertiary/aromatic N) is 2. The van der Waals surface area contributed by atoms with Gasteiger partial charge in [0, 0.05) is 48.0 Å². The van der Waals surface area contributed by atoms with Crippen molar-refractivity contribution in [1.82, 2.24) is 0 Å². The van der Waals surface area contributed by atoms with E-state index >= 15 is 0 Å². The molecule has 0 saturated carbocycles. The second-order valence-corrected chi connectivity index (χ2v) is 28.2. The van der Waals surface area contributed by atoms with Gasteiger partial charge in [-0.2, -0.15) is 0 Å². The summed E-state index contributed by atoms with van der Waals surface area (Å²) in [4.78, 5) is 5.05. The maximum absolute atomic E-state index is 9.32. The van der Waals surface area contributed by atoms with E-state index in [1.165, 1.54) is 86.9 Å². The average molecular weight is 930 g/mol. The van der Waals surface area contributed by atoms with E-state index in [0.29, 0.717) is 5.56 Å². The molecule has 2 aliphatic heterocycles. The highest BCUT2D eigenvalue weighted by atomic mass is 32.1. The van der Waals surface area contributed by atoms with Gasteiger partial charge in [0.1, 0.15) is 0 Å². The molecular formula is C65H75BN2S. The first-order valence-corrected chi connectivity index (χ1v) is 27.0. The van der Waals surface area contributed by atoms with Gasteiger partial charge >= 0.3 is 0 Å². The molecule has 3 heterocycles. The van der Waals surface area contributed by atoms with Gasteiger partial charge in [-0.05, 0) is 193 Å². The number of hydrogen-bond donors (Lipinski definition) is 0. The van der Waals surface area contributed by atoms with Gasteiger partial charge in [0.2, 0.25) is 0 Å². The molecule has 2 nitrogen and oxygen atoms in total. The van der Waals surface area contributed by atoms with Crippen LogP contribution in [-0.2, 0) is 37.9 Å². The third kappa shape index (κ3) is 6.48. The number of benzene rings is 6. The van der Waals surface area contributed by atoms with Gasteiger partial charge in [-0.15, -0.1) is 11.3 Å². The molecule has 1 aromatic heterocycles. The van der Waals surface area contributed by atoms with Crippen LogP contribution in [0.25, 0.3) is 20.2 Å². The molecular weight excluding hydrogens is 852 g/mol. The summed E-state index contributed by atoms with van der Waals surface area (Å²) in [5, 5.41) is 2.58. The van der Waals surface area contributed by atoms with E-state index in [2.05, 4.69) is 205 Å². The standard InChI is InChI=1S/C65H75BN2S/c1-38-31-53-57-54(32-38)68(50-24-23-42(59(2,3)4)56-40-19-17-18-20-55(40)69-58(50)56)52-37-47-45(63(11,12)28-30-65(47,15)16)35-49(52)66(57)48-34-44-46(64(13,14)29-27-62(44,9)10)36-51(48)67(53)39-21-22-41-43(33-39)61(7,8)26-25-60(41,5)6/h17-24,31-37H,25-30H2,1-16H3/i1D3. The van der Waals surface area contributed by atoms with E-state index in [1.54, 1.807) is 0 Å². The molecule has 0 N–H and O–H groups in total. The smallest absolute Gasteiger partial charge is 0.252 e. The van der Waals surface area contributed by atoms with E-state index < -0.39 is 6.85 Å². The van der Waals surface area contributed by atoms with Gasteiger partial charge in [0.15, 0.2) is 0 Å². The van der Waals surface area contributed by atoms with Crippen LogP contribution < -0.4 is 26.2 Å². The van der Waals surface area contributed by atoms with Crippen molar-refractivity contribution in [2.24, 2.45) is 0 Å². The number of thiophene rings is 1. The van der Waals surface area contributed by atoms with Crippen molar-refractivity contribution < 1.29 is 4.11 Å². The second-order valence-electron chi connectivity index (χ2n) is 27.2. The number of hydrogen-bond acceptors (Lipinski definition) is 3. The molecule has 0 amide bonds. The Bertz CT molecular complexity index is 3480. The van der Waals surface area contributed by atoms with Crippen LogP contribution in [0.3, 0.4) is 0 Å². The fourth-order valence-electron chi connectivity index (χ4n) is 14.0. The lowest BCUT2D eigenvalue weighted by molar-refractivity contribution is 0.332. The van der Waals surface area contributed by atoms with E-state index in [4.69, 9.17) is 0 Å². The van der Waals surface area contributed by atoms with Crippen LogP contribution in [0.2, 0.25) is 0 Å². The number of rotatable bonds is 2. The topological polar surface area (TPSA) is 6.48 Å². The van der Waals surface area contributed by atoms with Crippen molar-refractivity contribution in [2.45, 2.75) is 187 Å². The Morgan fingerprint density at radius 2 is 0.971 bits per heavy atom. The molecule has 12 rings (SSSR count). The molecule has 69 heavy (non-hydrogen) atoms. The molecule has 7 aromatic rings. The van der Waals surface area contributed by atoms with Crippen molar-refractivity contribution in [3.8, 4) is 0 Å². The van der Waals surface area contributed by atoms with Crippen LogP contribution in [0.5, 0.6) is 0 Å². The van der Waals surface area contributed by atoms with Crippen LogP contribution >= 0.6 is 11.3 Å². The summed E-state index contributed by atoms with van der Waals surface area (Å²) >= 11 is 1.87. The average Bonchev–Trinajstić information content (AvgIpc) is 3.69. The first kappa shape index (κ1) is 41.9. The summed E-state index contributed by atoms with van der Waals surface area (Å²) in [6.07, 6.45) is 6.70. The lowest BCUT2D eigenvalue weighted by atomic mass is 9.32. The minimum Gasteiger partial charge on any atom is -0.311 e. The Hall–Kier alpha value is -4.80. The first-order chi connectivity index (χ1) is 33.4. The zero-order valence-electron chi connectivity index (χ0n) is 47.3. The van der Waals surface area contributed by atoms with Crippen LogP contribution in [0.4, 0.5) is 34.1 Å². The van der Waals surface area contributed by atoms with Crippen LogP contribution in [-0.4, -0.2) is 6.71 Å². The lowest BCUT2D eigenvalue weighted by Gasteiger charge is -2.49. The summed E-state index contributed by atoms with van der Waals surface area (Å²) in [7, 11) is 0. The molecule has 354 valence electrons. The molecule has 0 atom stereocenters. The number of anilines is 6. The Labute approximate surface area is 423 Å². The minimum absolute atomic E-state index is 0.0197.